The minimum absolute atomic E-state index is 0.0408. The number of rotatable bonds is 19. The zero-order valence-electron chi connectivity index (χ0n) is 39.2. The smallest absolute Gasteiger partial charge is 0.339 e. The Morgan fingerprint density at radius 2 is 1.09 bits per heavy atom. The first-order valence-electron chi connectivity index (χ1n) is 21.1. The Balaban J connectivity index is 1.25. The molecule has 30 nitrogen and oxygen atoms in total. The predicted molar refractivity (Wildman–Crippen MR) is 278 cm³/mol. The van der Waals surface area contributed by atoms with E-state index in [4.69, 9.17) is 20.4 Å². The molecule has 0 atom stereocenters. The van der Waals surface area contributed by atoms with Crippen molar-refractivity contribution in [2.75, 3.05) is 5.73 Å². The van der Waals surface area contributed by atoms with Crippen LogP contribution in [0.4, 0.5) is 39.8 Å². The number of fused-ring (bicyclic) bond motifs is 3. The van der Waals surface area contributed by atoms with Crippen molar-refractivity contribution in [2.45, 2.75) is 41.2 Å². The second kappa shape index (κ2) is 22.6. The first kappa shape index (κ1) is 58.7. The van der Waals surface area contributed by atoms with Gasteiger partial charge >= 0.3 is 10.1 Å². The van der Waals surface area contributed by atoms with Crippen molar-refractivity contribution in [1.82, 2.24) is 0 Å². The molecule has 0 radical (unpaired) electrons. The van der Waals surface area contributed by atoms with Crippen molar-refractivity contribution >= 4 is 147 Å². The Labute approximate surface area is 457 Å². The van der Waals surface area contributed by atoms with Crippen LogP contribution in [0.1, 0.15) is 5.56 Å². The Morgan fingerprint density at radius 1 is 0.500 bits per heavy atom. The molecule has 0 heterocycles. The van der Waals surface area contributed by atoms with Crippen LogP contribution in [0.3, 0.4) is 0 Å². The zero-order valence-corrected chi connectivity index (χ0v) is 44.9. The van der Waals surface area contributed by atoms with Gasteiger partial charge in [0.2, 0.25) is 0 Å². The van der Waals surface area contributed by atoms with E-state index in [1.807, 2.05) is 0 Å². The van der Waals surface area contributed by atoms with Crippen molar-refractivity contribution < 1.29 is 104 Å². The molecule has 418 valence electrons. The highest BCUT2D eigenvalue weighted by molar-refractivity contribution is 7.95. The standard InChI is InChI=1S/C43H31N7O23S7/c1-20-6-9-23(10-7-20)80(67,68)69-32-17-24(76(55,56)57)16-27-26(32)12-13-30(43(27)79(64,65)66)47-48-31-19-36(78(61,62)63)28-18-34(75-73-71-54)40(42(52)37(28)38(31)44)49-45-22-8-11-25-21(14-22)15-33(74-72-70-53)39(41(25)51)50-46-29-4-2-3-5-35(29)77(58,59)60/h2-19,51-54H,44H2,1H3,(H,55,56,57)(H,58,59,60)(H,61,62,63)(H,64,65,66). The van der Waals surface area contributed by atoms with E-state index in [0.717, 1.165) is 36.4 Å². The van der Waals surface area contributed by atoms with Crippen LogP contribution in [0.25, 0.3) is 32.3 Å². The van der Waals surface area contributed by atoms with Gasteiger partial charge in [0.25, 0.3) is 40.5 Å². The summed E-state index contributed by atoms with van der Waals surface area (Å²) in [6.45, 7) is 1.65. The van der Waals surface area contributed by atoms with E-state index in [-0.39, 0.29) is 44.8 Å². The number of azo groups is 3. The van der Waals surface area contributed by atoms with Crippen LogP contribution in [-0.4, -0.2) is 81.0 Å². The second-order valence-corrected chi connectivity index (χ2v) is 24.6. The maximum absolute atomic E-state index is 13.3. The molecule has 10 N–H and O–H groups in total. The fourth-order valence-corrected chi connectivity index (χ4v) is 12.1. The summed E-state index contributed by atoms with van der Waals surface area (Å²) in [5, 5.41) is 69.6. The summed E-state index contributed by atoms with van der Waals surface area (Å²) in [6, 6.07) is 19.6. The topological polar surface area (TPSA) is 479 Å². The molecule has 0 aromatic heterocycles. The van der Waals surface area contributed by atoms with E-state index in [2.05, 4.69) is 49.4 Å². The second-order valence-electron chi connectivity index (χ2n) is 16.0. The number of hydrogen-bond acceptors (Lipinski definition) is 28. The molecule has 0 aliphatic rings. The Kier molecular flexibility index (Phi) is 16.6. The number of nitrogens with two attached hydrogens (primary N) is 1. The summed E-state index contributed by atoms with van der Waals surface area (Å²) in [5.41, 5.74) is 3.38. The Morgan fingerprint density at radius 3 is 1.71 bits per heavy atom. The summed E-state index contributed by atoms with van der Waals surface area (Å²) in [5.74, 6) is -2.50. The molecular formula is C43H31N7O23S7. The number of nitrogen functional groups attached to an aromatic ring is 1. The van der Waals surface area contributed by atoms with Crippen molar-refractivity contribution in [2.24, 2.45) is 30.7 Å². The summed E-state index contributed by atoms with van der Waals surface area (Å²) in [4.78, 5) is -5.03. The SMILES string of the molecule is Cc1ccc(S(=O)(=O)Oc2cc(S(=O)(=O)O)cc3c(S(=O)(=O)O)c(N=Nc4cc(S(=O)(=O)O)c5cc(SOOO)c(N=Nc6ccc7c(O)c(N=Nc8ccccc8S(=O)(=O)O)c(SOOO)cc7c6)c(O)c5c4N)ccc23)cc1. The van der Waals surface area contributed by atoms with Crippen molar-refractivity contribution in [3.05, 3.63) is 115 Å². The minimum atomic E-state index is -5.59. The van der Waals surface area contributed by atoms with Crippen molar-refractivity contribution in [1.29, 1.82) is 0 Å². The zero-order chi connectivity index (χ0) is 58.3. The molecule has 0 amide bonds. The molecule has 0 unspecified atom stereocenters. The van der Waals surface area contributed by atoms with Gasteiger partial charge in [-0.25, -0.2) is 10.5 Å². The summed E-state index contributed by atoms with van der Waals surface area (Å²) >= 11 is 0.405. The largest absolute Gasteiger partial charge is 0.505 e. The lowest BCUT2D eigenvalue weighted by atomic mass is 10.0. The number of nitrogens with zero attached hydrogens (tertiary/aromatic N) is 6. The number of benzene rings is 8. The van der Waals surface area contributed by atoms with Gasteiger partial charge in [-0.2, -0.15) is 47.2 Å². The quantitative estimate of drug-likeness (QED) is 0.00691. The molecule has 0 spiro atoms. The van der Waals surface area contributed by atoms with Crippen LogP contribution in [0.2, 0.25) is 0 Å². The third-order valence-corrected chi connectivity index (χ3v) is 17.0. The maximum atomic E-state index is 13.3. The molecule has 0 aliphatic heterocycles. The van der Waals surface area contributed by atoms with E-state index < -0.39 is 142 Å². The number of phenolic OH excluding ortho intramolecular Hbond substituents is 2. The summed E-state index contributed by atoms with van der Waals surface area (Å²) in [6.07, 6.45) is 0. The maximum Gasteiger partial charge on any atom is 0.339 e. The molecule has 8 rings (SSSR count). The van der Waals surface area contributed by atoms with Crippen LogP contribution >= 0.6 is 24.1 Å². The first-order chi connectivity index (χ1) is 37.5. The predicted octanol–water partition coefficient (Wildman–Crippen LogP) is 10.3. The molecule has 0 saturated heterocycles. The average molecular weight is 1240 g/mol. The Hall–Kier alpha value is -7.41. The molecule has 80 heavy (non-hydrogen) atoms. The lowest BCUT2D eigenvalue weighted by molar-refractivity contribution is -0.432. The van der Waals surface area contributed by atoms with Gasteiger partial charge in [0, 0.05) is 27.6 Å². The van der Waals surface area contributed by atoms with Gasteiger partial charge in [-0.1, -0.05) is 39.9 Å². The van der Waals surface area contributed by atoms with Crippen LogP contribution < -0.4 is 9.92 Å². The number of phenols is 2. The van der Waals surface area contributed by atoms with Crippen LogP contribution in [0, 0.1) is 6.92 Å². The third-order valence-electron chi connectivity index (χ3n) is 10.9. The van der Waals surface area contributed by atoms with Gasteiger partial charge in [0.05, 0.1) is 55.5 Å². The molecule has 0 aliphatic carbocycles. The van der Waals surface area contributed by atoms with Crippen LogP contribution in [0.15, 0.2) is 174 Å². The number of anilines is 1. The highest BCUT2D eigenvalue weighted by atomic mass is 32.2. The first-order valence-corrected chi connectivity index (χ1v) is 29.7. The van der Waals surface area contributed by atoms with Gasteiger partial charge in [0.15, 0.2) is 17.2 Å². The van der Waals surface area contributed by atoms with Crippen LogP contribution in [-0.2, 0) is 69.3 Å². The van der Waals surface area contributed by atoms with Gasteiger partial charge in [0.1, 0.15) is 48.0 Å². The monoisotopic (exact) mass is 1240 g/mol. The highest BCUT2D eigenvalue weighted by Crippen LogP contribution is 2.51. The molecule has 0 bridgehead atoms. The number of aromatic hydroxyl groups is 2. The van der Waals surface area contributed by atoms with Crippen molar-refractivity contribution in [3.8, 4) is 17.2 Å². The minimum Gasteiger partial charge on any atom is -0.505 e. The molecular weight excluding hydrogens is 1210 g/mol. The van der Waals surface area contributed by atoms with E-state index >= 15 is 0 Å². The van der Waals surface area contributed by atoms with E-state index in [0.29, 0.717) is 35.8 Å². The van der Waals surface area contributed by atoms with Gasteiger partial charge in [-0.15, -0.1) is 34.2 Å². The fraction of sp³-hybridized carbons (Fsp3) is 0.0233. The average Bonchev–Trinajstić information content (AvgIpc) is 3.43. The summed E-state index contributed by atoms with van der Waals surface area (Å²) < 4.78 is 183. The van der Waals surface area contributed by atoms with Gasteiger partial charge in [-0.3, -0.25) is 18.2 Å². The normalized spacial score (nSPS) is 13.0. The lowest BCUT2D eigenvalue weighted by Crippen LogP contribution is -2.11. The fourth-order valence-electron chi connectivity index (χ4n) is 7.48. The molecule has 37 heteroatoms. The molecule has 8 aromatic carbocycles. The number of hydrogen-bond donors (Lipinski definition) is 9. The number of aryl methyl sites for hydroxylation is 1. The molecule has 0 fully saturated rings. The van der Waals surface area contributed by atoms with Crippen LogP contribution in [0.5, 0.6) is 17.2 Å². The highest BCUT2D eigenvalue weighted by Gasteiger charge is 2.29. The van der Waals surface area contributed by atoms with E-state index in [9.17, 15) is 70.5 Å². The Bertz CT molecular complexity index is 4550. The van der Waals surface area contributed by atoms with E-state index in [1.165, 1.54) is 54.6 Å². The third kappa shape index (κ3) is 12.5. The van der Waals surface area contributed by atoms with Crippen molar-refractivity contribution in [3.63, 3.8) is 0 Å². The summed E-state index contributed by atoms with van der Waals surface area (Å²) in [7, 11) is -25.9. The lowest BCUT2D eigenvalue weighted by Gasteiger charge is -2.15. The molecule has 8 aromatic rings. The van der Waals surface area contributed by atoms with Gasteiger partial charge < -0.3 is 20.1 Å². The van der Waals surface area contributed by atoms with Gasteiger partial charge in [-0.05, 0) is 91.2 Å². The van der Waals surface area contributed by atoms with E-state index in [1.54, 1.807) is 6.92 Å². The molecule has 0 saturated carbocycles.